The molecule has 0 aliphatic rings. The molecule has 2 aromatic rings. The smallest absolute Gasteiger partial charge is 0.375 e. The molecule has 0 saturated heterocycles. The molecular formula is C9H11N5O4. The number of aromatic nitrogens is 4. The molecule has 0 fully saturated rings. The molecule has 18 heavy (non-hydrogen) atoms. The Morgan fingerprint density at radius 3 is 2.33 bits per heavy atom. The van der Waals surface area contributed by atoms with E-state index in [1.165, 1.54) is 30.3 Å². The van der Waals surface area contributed by atoms with E-state index in [4.69, 9.17) is 5.73 Å². The van der Waals surface area contributed by atoms with Gasteiger partial charge in [0.05, 0.1) is 0 Å². The Hall–Kier alpha value is -2.58. The Kier molecular flexibility index (Phi) is 2.46. The van der Waals surface area contributed by atoms with Crippen molar-refractivity contribution in [3.05, 3.63) is 20.8 Å². The lowest BCUT2D eigenvalue weighted by Crippen LogP contribution is -2.37. The predicted octanol–water partition coefficient (Wildman–Crippen LogP) is -1.57. The molecule has 96 valence electrons. The molecule has 0 unspecified atom stereocenters. The summed E-state index contributed by atoms with van der Waals surface area (Å²) in [6, 6.07) is -0.143. The van der Waals surface area contributed by atoms with Gasteiger partial charge in [-0.1, -0.05) is 0 Å². The first-order chi connectivity index (χ1) is 8.34. The SMILES string of the molecule is Cn1c(=O)c2c(nc(OC(N)=O)n2C)n(C)c1=O. The van der Waals surface area contributed by atoms with E-state index in [-0.39, 0.29) is 17.2 Å². The normalized spacial score (nSPS) is 10.8. The van der Waals surface area contributed by atoms with Crippen molar-refractivity contribution in [3.63, 3.8) is 0 Å². The zero-order valence-corrected chi connectivity index (χ0v) is 10.00. The van der Waals surface area contributed by atoms with Crippen molar-refractivity contribution in [3.8, 4) is 6.01 Å². The largest absolute Gasteiger partial charge is 0.412 e. The summed E-state index contributed by atoms with van der Waals surface area (Å²) in [6.07, 6.45) is -1.05. The number of imidazole rings is 1. The average Bonchev–Trinajstić information content (AvgIpc) is 2.61. The van der Waals surface area contributed by atoms with Gasteiger partial charge in [-0.15, -0.1) is 0 Å². The van der Waals surface area contributed by atoms with Gasteiger partial charge in [0, 0.05) is 21.1 Å². The molecule has 2 heterocycles. The molecule has 0 aliphatic carbocycles. The van der Waals surface area contributed by atoms with Crippen LogP contribution in [0.4, 0.5) is 4.79 Å². The van der Waals surface area contributed by atoms with Gasteiger partial charge < -0.3 is 10.5 Å². The molecule has 1 amide bonds. The van der Waals surface area contributed by atoms with Crippen LogP contribution >= 0.6 is 0 Å². The van der Waals surface area contributed by atoms with E-state index < -0.39 is 17.3 Å². The van der Waals surface area contributed by atoms with Crippen molar-refractivity contribution in [2.24, 2.45) is 26.9 Å². The highest BCUT2D eigenvalue weighted by Crippen LogP contribution is 2.14. The van der Waals surface area contributed by atoms with Gasteiger partial charge in [0.15, 0.2) is 11.2 Å². The first kappa shape index (κ1) is 11.9. The predicted molar refractivity (Wildman–Crippen MR) is 61.4 cm³/mol. The number of hydrogen-bond donors (Lipinski definition) is 1. The molecule has 0 aromatic carbocycles. The van der Waals surface area contributed by atoms with Crippen LogP contribution in [0, 0.1) is 0 Å². The molecular weight excluding hydrogens is 242 g/mol. The lowest BCUT2D eigenvalue weighted by Gasteiger charge is -2.02. The van der Waals surface area contributed by atoms with Crippen molar-refractivity contribution in [2.75, 3.05) is 0 Å². The summed E-state index contributed by atoms with van der Waals surface area (Å²) in [6.45, 7) is 0. The zero-order valence-electron chi connectivity index (χ0n) is 10.00. The number of hydrogen-bond acceptors (Lipinski definition) is 5. The number of nitrogens with two attached hydrogens (primary N) is 1. The summed E-state index contributed by atoms with van der Waals surface area (Å²) in [5.74, 6) is 0. The van der Waals surface area contributed by atoms with Gasteiger partial charge in [0.25, 0.3) is 5.56 Å². The second-order valence-corrected chi connectivity index (χ2v) is 3.75. The fourth-order valence-corrected chi connectivity index (χ4v) is 1.68. The minimum absolute atomic E-state index is 0.127. The quantitative estimate of drug-likeness (QED) is 0.659. The van der Waals surface area contributed by atoms with Crippen molar-refractivity contribution in [1.82, 2.24) is 18.7 Å². The summed E-state index contributed by atoms with van der Waals surface area (Å²) in [5, 5.41) is 0. The van der Waals surface area contributed by atoms with Gasteiger partial charge in [-0.2, -0.15) is 4.98 Å². The maximum Gasteiger partial charge on any atom is 0.412 e. The van der Waals surface area contributed by atoms with Crippen LogP contribution in [-0.4, -0.2) is 24.8 Å². The van der Waals surface area contributed by atoms with Crippen LogP contribution in [0.2, 0.25) is 0 Å². The minimum Gasteiger partial charge on any atom is -0.375 e. The van der Waals surface area contributed by atoms with Crippen molar-refractivity contribution in [1.29, 1.82) is 0 Å². The highest BCUT2D eigenvalue weighted by molar-refractivity contribution is 5.74. The lowest BCUT2D eigenvalue weighted by atomic mass is 10.5. The molecule has 9 heteroatoms. The van der Waals surface area contributed by atoms with Crippen LogP contribution < -0.4 is 21.7 Å². The van der Waals surface area contributed by atoms with Gasteiger partial charge >= 0.3 is 17.8 Å². The van der Waals surface area contributed by atoms with Crippen LogP contribution in [0.25, 0.3) is 11.2 Å². The molecule has 0 bridgehead atoms. The number of carbonyl (C=O) groups is 1. The van der Waals surface area contributed by atoms with Crippen LogP contribution in [0.15, 0.2) is 9.59 Å². The number of nitrogens with zero attached hydrogens (tertiary/aromatic N) is 4. The Morgan fingerprint density at radius 1 is 1.17 bits per heavy atom. The first-order valence-electron chi connectivity index (χ1n) is 4.94. The molecule has 0 spiro atoms. The Morgan fingerprint density at radius 2 is 1.78 bits per heavy atom. The van der Waals surface area contributed by atoms with Crippen molar-refractivity contribution >= 4 is 17.3 Å². The van der Waals surface area contributed by atoms with Crippen molar-refractivity contribution < 1.29 is 9.53 Å². The third-order valence-electron chi connectivity index (χ3n) is 2.63. The van der Waals surface area contributed by atoms with Crippen molar-refractivity contribution in [2.45, 2.75) is 0 Å². The molecule has 2 aromatic heterocycles. The van der Waals surface area contributed by atoms with E-state index in [1.54, 1.807) is 0 Å². The van der Waals surface area contributed by atoms with Gasteiger partial charge in [-0.3, -0.25) is 18.5 Å². The zero-order chi connectivity index (χ0) is 13.6. The average molecular weight is 253 g/mol. The van der Waals surface area contributed by atoms with Gasteiger partial charge in [0.2, 0.25) is 0 Å². The number of primary amides is 1. The second kappa shape index (κ2) is 3.72. The topological polar surface area (TPSA) is 114 Å². The Balaban J connectivity index is 2.93. The van der Waals surface area contributed by atoms with Crippen LogP contribution in [0.1, 0.15) is 0 Å². The number of carbonyl (C=O) groups excluding carboxylic acids is 1. The second-order valence-electron chi connectivity index (χ2n) is 3.75. The number of fused-ring (bicyclic) bond motifs is 1. The summed E-state index contributed by atoms with van der Waals surface area (Å²) in [5.41, 5.74) is 4.12. The molecule has 2 N–H and O–H groups in total. The third kappa shape index (κ3) is 1.48. The maximum atomic E-state index is 11.9. The molecule has 0 saturated carbocycles. The number of aryl methyl sites for hydroxylation is 2. The van der Waals surface area contributed by atoms with E-state index in [0.717, 1.165) is 4.57 Å². The standard InChI is InChI=1S/C9H11N5O4/c1-12-4-5(11-8(12)18-7(10)16)13(2)9(17)14(3)6(4)15/h1-3H3,(H2,10,16). The van der Waals surface area contributed by atoms with E-state index in [0.29, 0.717) is 0 Å². The summed E-state index contributed by atoms with van der Waals surface area (Å²) in [7, 11) is 4.30. The van der Waals surface area contributed by atoms with Gasteiger partial charge in [-0.05, 0) is 0 Å². The fourth-order valence-electron chi connectivity index (χ4n) is 1.68. The van der Waals surface area contributed by atoms with E-state index in [1.807, 2.05) is 0 Å². The maximum absolute atomic E-state index is 11.9. The molecule has 0 atom stereocenters. The number of ether oxygens (including phenoxy) is 1. The van der Waals surface area contributed by atoms with Gasteiger partial charge in [-0.25, -0.2) is 9.59 Å². The molecule has 0 aliphatic heterocycles. The third-order valence-corrected chi connectivity index (χ3v) is 2.63. The van der Waals surface area contributed by atoms with Crippen LogP contribution in [-0.2, 0) is 21.1 Å². The first-order valence-corrected chi connectivity index (χ1v) is 4.94. The highest BCUT2D eigenvalue weighted by Gasteiger charge is 2.18. The number of rotatable bonds is 1. The lowest BCUT2D eigenvalue weighted by molar-refractivity contribution is 0.205. The van der Waals surface area contributed by atoms with E-state index in [2.05, 4.69) is 9.72 Å². The monoisotopic (exact) mass is 253 g/mol. The summed E-state index contributed by atoms with van der Waals surface area (Å²) in [4.78, 5) is 38.2. The van der Waals surface area contributed by atoms with E-state index in [9.17, 15) is 14.4 Å². The summed E-state index contributed by atoms with van der Waals surface area (Å²) >= 11 is 0. The Labute approximate surface area is 100 Å². The molecule has 9 nitrogen and oxygen atoms in total. The summed E-state index contributed by atoms with van der Waals surface area (Å²) < 4.78 is 8.04. The fraction of sp³-hybridized carbons (Fsp3) is 0.333. The Bertz CT molecular complexity index is 766. The van der Waals surface area contributed by atoms with E-state index >= 15 is 0 Å². The molecule has 2 rings (SSSR count). The number of amides is 1. The highest BCUT2D eigenvalue weighted by atomic mass is 16.6. The van der Waals surface area contributed by atoms with Crippen LogP contribution in [0.3, 0.4) is 0 Å². The van der Waals surface area contributed by atoms with Gasteiger partial charge in [0.1, 0.15) is 0 Å². The van der Waals surface area contributed by atoms with Crippen LogP contribution in [0.5, 0.6) is 6.01 Å². The molecule has 0 radical (unpaired) electrons. The minimum atomic E-state index is -1.05.